The molecule has 0 aromatic carbocycles. The Kier molecular flexibility index (Phi) is 53.2. The van der Waals surface area contributed by atoms with Crippen LogP contribution in [0.3, 0.4) is 0 Å². The van der Waals surface area contributed by atoms with Crippen molar-refractivity contribution in [3.63, 3.8) is 0 Å². The SMILES string of the molecule is CCCCCCCCCCCCCCCCCCCCCCCCCCCC(O)C(CO)NC(=O)CCCCCCCCCCCCCCCCCCCCCCCCCC. The van der Waals surface area contributed by atoms with Gasteiger partial charge in [-0.3, -0.25) is 4.79 Å². The molecule has 0 rings (SSSR count). The number of carbonyl (C=O) groups is 1. The quantitative estimate of drug-likeness (QED) is 0.0534. The number of aliphatic hydroxyl groups excluding tert-OH is 2. The van der Waals surface area contributed by atoms with E-state index in [1.54, 1.807) is 0 Å². The molecule has 0 spiro atoms. The van der Waals surface area contributed by atoms with E-state index in [-0.39, 0.29) is 12.5 Å². The van der Waals surface area contributed by atoms with E-state index >= 15 is 0 Å². The fraction of sp³-hybridized carbons (Fsp3) is 0.982. The van der Waals surface area contributed by atoms with Gasteiger partial charge in [-0.15, -0.1) is 0 Å². The van der Waals surface area contributed by atoms with Crippen molar-refractivity contribution >= 4 is 5.91 Å². The molecule has 1 amide bonds. The second-order valence-electron chi connectivity index (χ2n) is 20.1. The maximum absolute atomic E-state index is 12.5. The van der Waals surface area contributed by atoms with Crippen molar-refractivity contribution in [2.75, 3.05) is 6.61 Å². The molecule has 366 valence electrons. The molecule has 0 radical (unpaired) electrons. The van der Waals surface area contributed by atoms with Crippen LogP contribution < -0.4 is 5.32 Å². The largest absolute Gasteiger partial charge is 0.394 e. The zero-order valence-electron chi connectivity index (χ0n) is 42.2. The Morgan fingerprint density at radius 3 is 0.738 bits per heavy atom. The fourth-order valence-electron chi connectivity index (χ4n) is 9.48. The average molecular weight is 863 g/mol. The molecule has 0 fully saturated rings. The van der Waals surface area contributed by atoms with Gasteiger partial charge in [0.15, 0.2) is 0 Å². The second kappa shape index (κ2) is 53.7. The first-order chi connectivity index (χ1) is 30.2. The maximum atomic E-state index is 12.5. The molecule has 3 N–H and O–H groups in total. The van der Waals surface area contributed by atoms with Crippen LogP contribution in [0.15, 0.2) is 0 Å². The minimum absolute atomic E-state index is 0.0216. The van der Waals surface area contributed by atoms with Gasteiger partial charge in [0.25, 0.3) is 0 Å². The van der Waals surface area contributed by atoms with E-state index in [2.05, 4.69) is 19.2 Å². The Bertz CT molecular complexity index is 803. The smallest absolute Gasteiger partial charge is 0.220 e. The molecule has 0 saturated carbocycles. The Balaban J connectivity index is 3.40. The standard InChI is InChI=1S/C57H115NO3/c1-3-5-7-9-11-13-15-17-19-21-23-25-27-29-30-32-34-36-38-40-42-44-46-48-50-52-56(60)55(54-59)58-57(61)53-51-49-47-45-43-41-39-37-35-33-31-28-26-24-22-20-18-16-14-12-10-8-6-4-2/h55-56,59-60H,3-54H2,1-2H3,(H,58,61). The number of carbonyl (C=O) groups excluding carboxylic acids is 1. The van der Waals surface area contributed by atoms with Crippen molar-refractivity contribution in [3.05, 3.63) is 0 Å². The third kappa shape index (κ3) is 50.3. The van der Waals surface area contributed by atoms with E-state index in [4.69, 9.17) is 0 Å². The lowest BCUT2D eigenvalue weighted by Gasteiger charge is -2.22. The highest BCUT2D eigenvalue weighted by atomic mass is 16.3. The lowest BCUT2D eigenvalue weighted by Crippen LogP contribution is -2.45. The molecule has 0 heterocycles. The molecule has 0 aliphatic rings. The van der Waals surface area contributed by atoms with Crippen LogP contribution in [0.1, 0.15) is 341 Å². The van der Waals surface area contributed by atoms with Gasteiger partial charge in [-0.1, -0.05) is 322 Å². The summed E-state index contributed by atoms with van der Waals surface area (Å²) in [6.45, 7) is 4.41. The highest BCUT2D eigenvalue weighted by Crippen LogP contribution is 2.19. The second-order valence-corrected chi connectivity index (χ2v) is 20.1. The Labute approximate surface area is 384 Å². The molecule has 2 atom stereocenters. The number of aliphatic hydroxyl groups is 2. The van der Waals surface area contributed by atoms with Crippen molar-refractivity contribution in [2.45, 2.75) is 353 Å². The molecule has 0 aliphatic heterocycles. The molecular formula is C57H115NO3. The van der Waals surface area contributed by atoms with Crippen LogP contribution >= 0.6 is 0 Å². The summed E-state index contributed by atoms with van der Waals surface area (Å²) in [6.07, 6.45) is 68.1. The van der Waals surface area contributed by atoms with Crippen LogP contribution in [0.4, 0.5) is 0 Å². The fourth-order valence-corrected chi connectivity index (χ4v) is 9.48. The summed E-state index contributed by atoms with van der Waals surface area (Å²) >= 11 is 0. The number of nitrogens with one attached hydrogen (secondary N) is 1. The predicted octanol–water partition coefficient (Wildman–Crippen LogP) is 18.8. The van der Waals surface area contributed by atoms with Crippen LogP contribution in [0.2, 0.25) is 0 Å². The molecule has 0 aromatic rings. The number of rotatable bonds is 54. The van der Waals surface area contributed by atoms with E-state index < -0.39 is 12.1 Å². The van der Waals surface area contributed by atoms with Gasteiger partial charge in [0.1, 0.15) is 0 Å². The minimum atomic E-state index is -0.655. The van der Waals surface area contributed by atoms with Crippen LogP contribution in [0, 0.1) is 0 Å². The summed E-state index contributed by atoms with van der Waals surface area (Å²) in [5.74, 6) is -0.0216. The maximum Gasteiger partial charge on any atom is 0.220 e. The van der Waals surface area contributed by atoms with Gasteiger partial charge >= 0.3 is 0 Å². The van der Waals surface area contributed by atoms with Gasteiger partial charge in [-0.25, -0.2) is 0 Å². The highest BCUT2D eigenvalue weighted by molar-refractivity contribution is 5.76. The Morgan fingerprint density at radius 1 is 0.328 bits per heavy atom. The predicted molar refractivity (Wildman–Crippen MR) is 272 cm³/mol. The van der Waals surface area contributed by atoms with Crippen LogP contribution in [-0.4, -0.2) is 34.9 Å². The zero-order chi connectivity index (χ0) is 44.2. The van der Waals surface area contributed by atoms with Gasteiger partial charge in [-0.2, -0.15) is 0 Å². The molecule has 0 bridgehead atoms. The first kappa shape index (κ1) is 60.4. The van der Waals surface area contributed by atoms with Crippen molar-refractivity contribution in [1.82, 2.24) is 5.32 Å². The third-order valence-electron chi connectivity index (χ3n) is 13.9. The van der Waals surface area contributed by atoms with E-state index in [1.807, 2.05) is 0 Å². The van der Waals surface area contributed by atoms with Crippen LogP contribution in [-0.2, 0) is 4.79 Å². The van der Waals surface area contributed by atoms with Crippen molar-refractivity contribution < 1.29 is 15.0 Å². The van der Waals surface area contributed by atoms with E-state index in [0.717, 1.165) is 25.7 Å². The topological polar surface area (TPSA) is 69.6 Å². The zero-order valence-corrected chi connectivity index (χ0v) is 42.2. The number of unbranched alkanes of at least 4 members (excludes halogenated alkanes) is 47. The van der Waals surface area contributed by atoms with Gasteiger partial charge in [0.05, 0.1) is 18.8 Å². The lowest BCUT2D eigenvalue weighted by molar-refractivity contribution is -0.123. The monoisotopic (exact) mass is 862 g/mol. The number of hydrogen-bond donors (Lipinski definition) is 3. The third-order valence-corrected chi connectivity index (χ3v) is 13.9. The summed E-state index contributed by atoms with van der Waals surface area (Å²) in [7, 11) is 0. The molecule has 0 saturated heterocycles. The first-order valence-electron chi connectivity index (χ1n) is 28.7. The summed E-state index contributed by atoms with van der Waals surface area (Å²) in [4.78, 5) is 12.5. The normalized spacial score (nSPS) is 12.7. The van der Waals surface area contributed by atoms with Crippen molar-refractivity contribution in [1.29, 1.82) is 0 Å². The van der Waals surface area contributed by atoms with Gasteiger partial charge < -0.3 is 15.5 Å². The van der Waals surface area contributed by atoms with Crippen molar-refractivity contribution in [3.8, 4) is 0 Å². The summed E-state index contributed by atoms with van der Waals surface area (Å²) in [6, 6.07) is -0.531. The molecule has 2 unspecified atom stereocenters. The minimum Gasteiger partial charge on any atom is -0.394 e. The van der Waals surface area contributed by atoms with E-state index in [1.165, 1.54) is 289 Å². The Morgan fingerprint density at radius 2 is 0.525 bits per heavy atom. The summed E-state index contributed by atoms with van der Waals surface area (Å²) in [5, 5.41) is 23.4. The summed E-state index contributed by atoms with van der Waals surface area (Å²) in [5.41, 5.74) is 0. The number of amides is 1. The molecular weight excluding hydrogens is 747 g/mol. The molecule has 4 nitrogen and oxygen atoms in total. The lowest BCUT2D eigenvalue weighted by atomic mass is 10.0. The van der Waals surface area contributed by atoms with Crippen LogP contribution in [0.25, 0.3) is 0 Å². The van der Waals surface area contributed by atoms with Crippen LogP contribution in [0.5, 0.6) is 0 Å². The van der Waals surface area contributed by atoms with E-state index in [0.29, 0.717) is 12.8 Å². The first-order valence-corrected chi connectivity index (χ1v) is 28.7. The Hall–Kier alpha value is -0.610. The van der Waals surface area contributed by atoms with Gasteiger partial charge in [0.2, 0.25) is 5.91 Å². The molecule has 0 aliphatic carbocycles. The molecule has 0 aromatic heterocycles. The summed E-state index contributed by atoms with van der Waals surface area (Å²) < 4.78 is 0. The molecule has 61 heavy (non-hydrogen) atoms. The molecule has 4 heteroatoms. The average Bonchev–Trinajstić information content (AvgIpc) is 3.26. The van der Waals surface area contributed by atoms with Crippen molar-refractivity contribution in [2.24, 2.45) is 0 Å². The van der Waals surface area contributed by atoms with Gasteiger partial charge in [-0.05, 0) is 12.8 Å². The number of hydrogen-bond acceptors (Lipinski definition) is 3. The van der Waals surface area contributed by atoms with E-state index in [9.17, 15) is 15.0 Å². The van der Waals surface area contributed by atoms with Gasteiger partial charge in [0, 0.05) is 6.42 Å². The highest BCUT2D eigenvalue weighted by Gasteiger charge is 2.20.